The second-order valence-corrected chi connectivity index (χ2v) is 8.76. The van der Waals surface area contributed by atoms with Crippen LogP contribution in [0, 0.1) is 0 Å². The molecular formula is C21H23BrN4O2S. The number of piperazine rings is 1. The molecule has 0 unspecified atom stereocenters. The van der Waals surface area contributed by atoms with Gasteiger partial charge in [-0.2, -0.15) is 0 Å². The molecule has 1 amide bonds. The molecule has 0 atom stereocenters. The summed E-state index contributed by atoms with van der Waals surface area (Å²) in [4.78, 5) is 21.8. The minimum absolute atomic E-state index is 0.0407. The molecule has 1 aliphatic heterocycles. The second kappa shape index (κ2) is 9.11. The van der Waals surface area contributed by atoms with Gasteiger partial charge in [-0.05, 0) is 46.3 Å². The summed E-state index contributed by atoms with van der Waals surface area (Å²) < 4.78 is 7.27. The normalized spacial score (nSPS) is 14.9. The molecule has 0 bridgehead atoms. The first-order valence-corrected chi connectivity index (χ1v) is 11.2. The molecule has 0 saturated carbocycles. The fourth-order valence-corrected chi connectivity index (χ4v) is 4.90. The lowest BCUT2D eigenvalue weighted by atomic mass is 10.2. The van der Waals surface area contributed by atoms with E-state index < -0.39 is 0 Å². The van der Waals surface area contributed by atoms with E-state index in [0.717, 1.165) is 58.3 Å². The Labute approximate surface area is 182 Å². The Kier molecular flexibility index (Phi) is 6.32. The van der Waals surface area contributed by atoms with Crippen LogP contribution >= 0.6 is 27.3 Å². The van der Waals surface area contributed by atoms with Gasteiger partial charge in [0.05, 0.1) is 22.9 Å². The molecular weight excluding hydrogens is 452 g/mol. The van der Waals surface area contributed by atoms with Gasteiger partial charge in [-0.15, -0.1) is 0 Å². The highest BCUT2D eigenvalue weighted by atomic mass is 79.9. The Morgan fingerprint density at radius 3 is 2.76 bits per heavy atom. The number of anilines is 1. The van der Waals surface area contributed by atoms with Crippen LogP contribution < -0.4 is 15.0 Å². The highest BCUT2D eigenvalue weighted by molar-refractivity contribution is 9.10. The molecule has 2 heterocycles. The number of nitrogens with one attached hydrogen (secondary N) is 1. The maximum atomic E-state index is 12.3. The van der Waals surface area contributed by atoms with Gasteiger partial charge in [0.2, 0.25) is 0 Å². The Bertz CT molecular complexity index is 1000. The first kappa shape index (κ1) is 20.1. The number of carbonyl (C=O) groups is 1. The second-order valence-electron chi connectivity index (χ2n) is 6.89. The maximum absolute atomic E-state index is 12.3. The van der Waals surface area contributed by atoms with Crippen molar-refractivity contribution in [2.75, 3.05) is 51.3 Å². The molecule has 1 N–H and O–H groups in total. The molecule has 1 saturated heterocycles. The topological polar surface area (TPSA) is 57.7 Å². The minimum atomic E-state index is -0.0407. The summed E-state index contributed by atoms with van der Waals surface area (Å²) >= 11 is 5.14. The largest absolute Gasteiger partial charge is 0.497 e. The van der Waals surface area contributed by atoms with E-state index in [1.165, 1.54) is 0 Å². The molecule has 29 heavy (non-hydrogen) atoms. The summed E-state index contributed by atoms with van der Waals surface area (Å²) in [6, 6.07) is 13.5. The van der Waals surface area contributed by atoms with Crippen molar-refractivity contribution in [2.45, 2.75) is 0 Å². The lowest BCUT2D eigenvalue weighted by Crippen LogP contribution is -2.48. The smallest absolute Gasteiger partial charge is 0.252 e. The number of ether oxygens (including phenoxy) is 1. The third-order valence-electron chi connectivity index (χ3n) is 5.06. The van der Waals surface area contributed by atoms with Crippen LogP contribution in [0.2, 0.25) is 0 Å². The maximum Gasteiger partial charge on any atom is 0.252 e. The van der Waals surface area contributed by atoms with Crippen LogP contribution in [0.15, 0.2) is 46.9 Å². The number of hydrogen-bond acceptors (Lipinski definition) is 6. The summed E-state index contributed by atoms with van der Waals surface area (Å²) in [5.74, 6) is 0.822. The van der Waals surface area contributed by atoms with E-state index in [4.69, 9.17) is 9.72 Å². The number of rotatable bonds is 6. The van der Waals surface area contributed by atoms with Crippen molar-refractivity contribution in [3.8, 4) is 5.75 Å². The molecule has 0 aliphatic carbocycles. The van der Waals surface area contributed by atoms with Gasteiger partial charge in [0.15, 0.2) is 5.13 Å². The van der Waals surface area contributed by atoms with Gasteiger partial charge in [0.1, 0.15) is 5.75 Å². The first-order valence-electron chi connectivity index (χ1n) is 9.58. The number of halogens is 1. The number of nitrogens with zero attached hydrogens (tertiary/aromatic N) is 3. The number of carbonyl (C=O) groups excluding carboxylic acids is 1. The highest BCUT2D eigenvalue weighted by Gasteiger charge is 2.20. The van der Waals surface area contributed by atoms with Gasteiger partial charge < -0.3 is 15.0 Å². The standard InChI is InChI=1S/C21H23BrN4O2S/c1-28-15-6-7-18-19(14-15)29-21(24-18)26-12-10-25(11-13-26)9-8-23-20(27)16-4-2-3-5-17(16)22/h2-7,14H,8-13H2,1H3,(H,23,27). The molecule has 0 radical (unpaired) electrons. The van der Waals surface area contributed by atoms with E-state index in [2.05, 4.69) is 31.0 Å². The van der Waals surface area contributed by atoms with Crippen molar-refractivity contribution in [1.29, 1.82) is 0 Å². The fourth-order valence-electron chi connectivity index (χ4n) is 3.39. The van der Waals surface area contributed by atoms with Crippen molar-refractivity contribution in [3.63, 3.8) is 0 Å². The monoisotopic (exact) mass is 474 g/mol. The van der Waals surface area contributed by atoms with Gasteiger partial charge in [0, 0.05) is 43.7 Å². The number of thiazole rings is 1. The summed E-state index contributed by atoms with van der Waals surface area (Å²) in [5, 5.41) is 4.08. The molecule has 4 rings (SSSR count). The Hall–Kier alpha value is -2.16. The molecule has 1 aromatic heterocycles. The molecule has 0 spiro atoms. The Balaban J connectivity index is 1.26. The average molecular weight is 475 g/mol. The molecule has 8 heteroatoms. The van der Waals surface area contributed by atoms with E-state index in [1.54, 1.807) is 18.4 Å². The van der Waals surface area contributed by atoms with Crippen LogP contribution in [0.4, 0.5) is 5.13 Å². The zero-order valence-electron chi connectivity index (χ0n) is 16.2. The van der Waals surface area contributed by atoms with Crippen molar-refractivity contribution >= 4 is 48.5 Å². The van der Waals surface area contributed by atoms with Crippen molar-refractivity contribution < 1.29 is 9.53 Å². The van der Waals surface area contributed by atoms with Crippen LogP contribution in [-0.4, -0.2) is 62.2 Å². The van der Waals surface area contributed by atoms with E-state index in [1.807, 2.05) is 42.5 Å². The number of benzene rings is 2. The number of methoxy groups -OCH3 is 1. The predicted molar refractivity (Wildman–Crippen MR) is 121 cm³/mol. The van der Waals surface area contributed by atoms with E-state index in [9.17, 15) is 4.79 Å². The summed E-state index contributed by atoms with van der Waals surface area (Å²) in [7, 11) is 1.68. The fraction of sp³-hybridized carbons (Fsp3) is 0.333. The SMILES string of the molecule is COc1ccc2nc(N3CCN(CCNC(=O)c4ccccc4Br)CC3)sc2c1. The van der Waals surface area contributed by atoms with Gasteiger partial charge in [-0.25, -0.2) is 4.98 Å². The molecule has 1 fully saturated rings. The third-order valence-corrected chi connectivity index (χ3v) is 6.83. The van der Waals surface area contributed by atoms with Crippen molar-refractivity contribution in [3.05, 3.63) is 52.5 Å². The zero-order valence-corrected chi connectivity index (χ0v) is 18.6. The third kappa shape index (κ3) is 4.71. The van der Waals surface area contributed by atoms with E-state index in [0.29, 0.717) is 12.1 Å². The van der Waals surface area contributed by atoms with Crippen LogP contribution in [-0.2, 0) is 0 Å². The first-order chi connectivity index (χ1) is 14.1. The summed E-state index contributed by atoms with van der Waals surface area (Å²) in [6.07, 6.45) is 0. The highest BCUT2D eigenvalue weighted by Crippen LogP contribution is 2.31. The average Bonchev–Trinajstić information content (AvgIpc) is 3.17. The van der Waals surface area contributed by atoms with Crippen LogP contribution in [0.3, 0.4) is 0 Å². The summed E-state index contributed by atoms with van der Waals surface area (Å²) in [6.45, 7) is 5.29. The van der Waals surface area contributed by atoms with Crippen LogP contribution in [0.25, 0.3) is 10.2 Å². The molecule has 3 aromatic rings. The molecule has 6 nitrogen and oxygen atoms in total. The molecule has 1 aliphatic rings. The summed E-state index contributed by atoms with van der Waals surface area (Å²) in [5.41, 5.74) is 1.69. The van der Waals surface area contributed by atoms with E-state index >= 15 is 0 Å². The quantitative estimate of drug-likeness (QED) is 0.591. The molecule has 2 aromatic carbocycles. The van der Waals surface area contributed by atoms with Crippen LogP contribution in [0.1, 0.15) is 10.4 Å². The van der Waals surface area contributed by atoms with Crippen molar-refractivity contribution in [1.82, 2.24) is 15.2 Å². The Morgan fingerprint density at radius 1 is 1.21 bits per heavy atom. The predicted octanol–water partition coefficient (Wildman–Crippen LogP) is 3.62. The number of amides is 1. The number of aromatic nitrogens is 1. The van der Waals surface area contributed by atoms with Gasteiger partial charge in [0.25, 0.3) is 5.91 Å². The number of fused-ring (bicyclic) bond motifs is 1. The van der Waals surface area contributed by atoms with E-state index in [-0.39, 0.29) is 5.91 Å². The lowest BCUT2D eigenvalue weighted by Gasteiger charge is -2.34. The number of hydrogen-bond donors (Lipinski definition) is 1. The minimum Gasteiger partial charge on any atom is -0.497 e. The molecule has 152 valence electrons. The Morgan fingerprint density at radius 2 is 2.00 bits per heavy atom. The van der Waals surface area contributed by atoms with Crippen LogP contribution in [0.5, 0.6) is 5.75 Å². The van der Waals surface area contributed by atoms with Crippen molar-refractivity contribution in [2.24, 2.45) is 0 Å². The lowest BCUT2D eigenvalue weighted by molar-refractivity contribution is 0.0947. The van der Waals surface area contributed by atoms with Gasteiger partial charge >= 0.3 is 0 Å². The van der Waals surface area contributed by atoms with Gasteiger partial charge in [-0.3, -0.25) is 9.69 Å². The van der Waals surface area contributed by atoms with Gasteiger partial charge in [-0.1, -0.05) is 23.5 Å². The zero-order chi connectivity index (χ0) is 20.2.